The van der Waals surface area contributed by atoms with Gasteiger partial charge in [-0.05, 0) is 61.9 Å². The van der Waals surface area contributed by atoms with Crippen LogP contribution in [0.3, 0.4) is 0 Å². The van der Waals surface area contributed by atoms with E-state index in [1.165, 1.54) is 24.3 Å². The molecule has 6 nitrogen and oxygen atoms in total. The van der Waals surface area contributed by atoms with Crippen molar-refractivity contribution < 1.29 is 23.4 Å². The van der Waals surface area contributed by atoms with Crippen LogP contribution >= 0.6 is 0 Å². The molecule has 0 radical (unpaired) electrons. The van der Waals surface area contributed by atoms with E-state index in [4.69, 9.17) is 9.47 Å². The van der Waals surface area contributed by atoms with Crippen LogP contribution in [0.5, 0.6) is 11.6 Å². The normalized spacial score (nSPS) is 12.3. The summed E-state index contributed by atoms with van der Waals surface area (Å²) in [6.45, 7) is 6.07. The molecule has 0 fully saturated rings. The molecule has 0 saturated carbocycles. The second kappa shape index (κ2) is 12.6. The summed E-state index contributed by atoms with van der Waals surface area (Å²) in [7, 11) is 1.65. The van der Waals surface area contributed by atoms with E-state index in [-0.39, 0.29) is 11.6 Å². The SMILES string of the molecule is CCCC[C@@H](O)CN(CCOC)Cc1c(C)nn(-c2ccc(F)cc2)c1Oc1ccc(F)cc1. The number of aliphatic hydroxyl groups is 1. The van der Waals surface area contributed by atoms with Gasteiger partial charge < -0.3 is 14.6 Å². The molecule has 0 aliphatic carbocycles. The number of nitrogens with zero attached hydrogens (tertiary/aromatic N) is 3. The van der Waals surface area contributed by atoms with Crippen LogP contribution in [0.1, 0.15) is 37.4 Å². The zero-order valence-corrected chi connectivity index (χ0v) is 20.0. The van der Waals surface area contributed by atoms with Gasteiger partial charge >= 0.3 is 0 Å². The van der Waals surface area contributed by atoms with E-state index >= 15 is 0 Å². The molecule has 0 bridgehead atoms. The van der Waals surface area contributed by atoms with Crippen molar-refractivity contribution in [2.24, 2.45) is 0 Å². The van der Waals surface area contributed by atoms with Gasteiger partial charge in [0.25, 0.3) is 0 Å². The number of methoxy groups -OCH3 is 1. The molecule has 0 amide bonds. The maximum atomic E-state index is 13.5. The van der Waals surface area contributed by atoms with E-state index in [9.17, 15) is 13.9 Å². The highest BCUT2D eigenvalue weighted by atomic mass is 19.1. The Morgan fingerprint density at radius 1 is 1.06 bits per heavy atom. The van der Waals surface area contributed by atoms with Crippen LogP contribution in [0, 0.1) is 18.6 Å². The van der Waals surface area contributed by atoms with Crippen LogP contribution in [0.15, 0.2) is 48.5 Å². The number of hydrogen-bond acceptors (Lipinski definition) is 5. The van der Waals surface area contributed by atoms with E-state index in [2.05, 4.69) is 16.9 Å². The second-order valence-corrected chi connectivity index (χ2v) is 8.34. The van der Waals surface area contributed by atoms with Gasteiger partial charge in [-0.25, -0.2) is 13.5 Å². The largest absolute Gasteiger partial charge is 0.439 e. The second-order valence-electron chi connectivity index (χ2n) is 8.34. The third-order valence-corrected chi connectivity index (χ3v) is 5.59. The minimum Gasteiger partial charge on any atom is -0.439 e. The van der Waals surface area contributed by atoms with Crippen LogP contribution in [0.2, 0.25) is 0 Å². The van der Waals surface area contributed by atoms with Gasteiger partial charge in [0.2, 0.25) is 5.88 Å². The van der Waals surface area contributed by atoms with Gasteiger partial charge in [0.15, 0.2) is 0 Å². The Balaban J connectivity index is 1.96. The summed E-state index contributed by atoms with van der Waals surface area (Å²) in [5, 5.41) is 15.2. The standard InChI is InChI=1S/C26H33F2N3O3/c1-4-5-6-23(32)17-30(15-16-33-3)18-25-19(2)29-31(22-11-7-20(27)8-12-22)26(25)34-24-13-9-21(28)10-14-24/h7-14,23,32H,4-6,15-18H2,1-3H3/t23-/m1/s1. The van der Waals surface area contributed by atoms with Crippen molar-refractivity contribution in [2.75, 3.05) is 26.8 Å². The lowest BCUT2D eigenvalue weighted by Gasteiger charge is -2.25. The van der Waals surface area contributed by atoms with E-state index in [1.807, 2.05) is 6.92 Å². The summed E-state index contributed by atoms with van der Waals surface area (Å²) in [6.07, 6.45) is 2.26. The van der Waals surface area contributed by atoms with Crippen molar-refractivity contribution in [1.82, 2.24) is 14.7 Å². The first-order valence-electron chi connectivity index (χ1n) is 11.6. The molecule has 34 heavy (non-hydrogen) atoms. The van der Waals surface area contributed by atoms with Crippen LogP contribution in [-0.4, -0.2) is 52.7 Å². The van der Waals surface area contributed by atoms with Gasteiger partial charge in [0.05, 0.1) is 29.7 Å². The highest BCUT2D eigenvalue weighted by Gasteiger charge is 2.22. The molecular weight excluding hydrogens is 440 g/mol. The Labute approximate surface area is 199 Å². The molecule has 0 spiro atoms. The fourth-order valence-electron chi connectivity index (χ4n) is 3.70. The molecule has 2 aromatic carbocycles. The summed E-state index contributed by atoms with van der Waals surface area (Å²) in [5.74, 6) is 0.210. The predicted molar refractivity (Wildman–Crippen MR) is 127 cm³/mol. The number of aryl methyl sites for hydroxylation is 1. The molecule has 184 valence electrons. The number of rotatable bonds is 13. The average Bonchev–Trinajstić information content (AvgIpc) is 3.12. The molecule has 3 aromatic rings. The lowest BCUT2D eigenvalue weighted by molar-refractivity contribution is 0.0786. The summed E-state index contributed by atoms with van der Waals surface area (Å²) < 4.78 is 40.1. The van der Waals surface area contributed by atoms with Gasteiger partial charge in [-0.2, -0.15) is 5.10 Å². The van der Waals surface area contributed by atoms with Gasteiger partial charge in [0, 0.05) is 26.7 Å². The van der Waals surface area contributed by atoms with Crippen LogP contribution in [0.4, 0.5) is 8.78 Å². The third kappa shape index (κ3) is 7.09. The highest BCUT2D eigenvalue weighted by Crippen LogP contribution is 2.32. The number of halogens is 2. The Hall–Kier alpha value is -2.81. The number of unbranched alkanes of at least 4 members (excludes halogenated alkanes) is 1. The van der Waals surface area contributed by atoms with Crippen molar-refractivity contribution in [3.63, 3.8) is 0 Å². The zero-order valence-electron chi connectivity index (χ0n) is 20.0. The lowest BCUT2D eigenvalue weighted by Crippen LogP contribution is -2.34. The Kier molecular flexibility index (Phi) is 9.56. The minimum atomic E-state index is -0.453. The Bertz CT molecular complexity index is 1020. The van der Waals surface area contributed by atoms with Crippen molar-refractivity contribution in [2.45, 2.75) is 45.8 Å². The van der Waals surface area contributed by atoms with Crippen LogP contribution in [0.25, 0.3) is 5.69 Å². The van der Waals surface area contributed by atoms with Crippen molar-refractivity contribution >= 4 is 0 Å². The van der Waals surface area contributed by atoms with Crippen LogP contribution < -0.4 is 4.74 Å². The molecule has 1 heterocycles. The number of ether oxygens (including phenoxy) is 2. The molecule has 0 aliphatic heterocycles. The topological polar surface area (TPSA) is 59.8 Å². The maximum absolute atomic E-state index is 13.5. The fourth-order valence-corrected chi connectivity index (χ4v) is 3.70. The van der Waals surface area contributed by atoms with Crippen molar-refractivity contribution in [1.29, 1.82) is 0 Å². The van der Waals surface area contributed by atoms with Gasteiger partial charge in [0.1, 0.15) is 17.4 Å². The summed E-state index contributed by atoms with van der Waals surface area (Å²) in [6, 6.07) is 11.7. The van der Waals surface area contributed by atoms with Crippen LogP contribution in [-0.2, 0) is 11.3 Å². The highest BCUT2D eigenvalue weighted by molar-refractivity contribution is 5.43. The van der Waals surface area contributed by atoms with Crippen molar-refractivity contribution in [3.8, 4) is 17.3 Å². The third-order valence-electron chi connectivity index (χ3n) is 5.59. The van der Waals surface area contributed by atoms with E-state index < -0.39 is 6.10 Å². The molecule has 0 saturated heterocycles. The number of aromatic nitrogens is 2. The average molecular weight is 474 g/mol. The first-order chi connectivity index (χ1) is 16.4. The lowest BCUT2D eigenvalue weighted by atomic mass is 10.1. The van der Waals surface area contributed by atoms with E-state index in [1.54, 1.807) is 36.1 Å². The molecule has 0 unspecified atom stereocenters. The van der Waals surface area contributed by atoms with Gasteiger partial charge in [-0.3, -0.25) is 4.90 Å². The zero-order chi connectivity index (χ0) is 24.5. The van der Waals surface area contributed by atoms with Gasteiger partial charge in [-0.15, -0.1) is 0 Å². The first kappa shape index (κ1) is 25.8. The molecule has 3 rings (SSSR count). The predicted octanol–water partition coefficient (Wildman–Crippen LogP) is 5.25. The van der Waals surface area contributed by atoms with Crippen molar-refractivity contribution in [3.05, 3.63) is 71.4 Å². The van der Waals surface area contributed by atoms with E-state index in [0.717, 1.165) is 30.5 Å². The molecular formula is C26H33F2N3O3. The number of benzene rings is 2. The molecule has 0 aliphatic rings. The molecule has 8 heteroatoms. The fraction of sp³-hybridized carbons (Fsp3) is 0.423. The quantitative estimate of drug-likeness (QED) is 0.367. The monoisotopic (exact) mass is 473 g/mol. The number of aliphatic hydroxyl groups excluding tert-OH is 1. The first-order valence-corrected chi connectivity index (χ1v) is 11.6. The molecule has 1 atom stereocenters. The smallest absolute Gasteiger partial charge is 0.227 e. The van der Waals surface area contributed by atoms with Gasteiger partial charge in [-0.1, -0.05) is 19.8 Å². The molecule has 1 N–H and O–H groups in total. The Morgan fingerprint density at radius 3 is 2.32 bits per heavy atom. The summed E-state index contributed by atoms with van der Waals surface area (Å²) >= 11 is 0. The maximum Gasteiger partial charge on any atom is 0.227 e. The summed E-state index contributed by atoms with van der Waals surface area (Å²) in [5.41, 5.74) is 2.21. The molecule has 1 aromatic heterocycles. The van der Waals surface area contributed by atoms with E-state index in [0.29, 0.717) is 43.6 Å². The minimum absolute atomic E-state index is 0.347. The summed E-state index contributed by atoms with van der Waals surface area (Å²) in [4.78, 5) is 2.11. The number of hydrogen-bond donors (Lipinski definition) is 1. The Morgan fingerprint density at radius 2 is 1.71 bits per heavy atom.